The minimum absolute atomic E-state index is 0.296. The molecule has 4 nitrogen and oxygen atoms in total. The molecule has 1 aromatic carbocycles. The largest absolute Gasteiger partial charge is 0.393 e. The molecule has 1 unspecified atom stereocenters. The molecule has 0 amide bonds. The van der Waals surface area contributed by atoms with Gasteiger partial charge >= 0.3 is 0 Å². The lowest BCUT2D eigenvalue weighted by Gasteiger charge is -2.12. The molecule has 24 heavy (non-hydrogen) atoms. The number of anilines is 2. The van der Waals surface area contributed by atoms with Gasteiger partial charge in [0.2, 0.25) is 0 Å². The first-order valence-electron chi connectivity index (χ1n) is 7.98. The Kier molecular flexibility index (Phi) is 5.11. The lowest BCUT2D eigenvalue weighted by molar-refractivity contribution is 0.185. The minimum Gasteiger partial charge on any atom is -0.393 e. The third kappa shape index (κ3) is 3.74. The molecule has 0 saturated carbocycles. The van der Waals surface area contributed by atoms with Crippen molar-refractivity contribution in [2.24, 2.45) is 0 Å². The SMILES string of the molecule is Cc1c(Br)cccc1Nc1nccc2cc(CCC(C)O)cnc12. The predicted molar refractivity (Wildman–Crippen MR) is 102 cm³/mol. The Bertz CT molecular complexity index is 864. The zero-order valence-electron chi connectivity index (χ0n) is 13.8. The van der Waals surface area contributed by atoms with Gasteiger partial charge in [0.25, 0.3) is 0 Å². The van der Waals surface area contributed by atoms with E-state index in [1.54, 1.807) is 13.1 Å². The van der Waals surface area contributed by atoms with E-state index < -0.39 is 0 Å². The van der Waals surface area contributed by atoms with Crippen molar-refractivity contribution in [1.82, 2.24) is 9.97 Å². The van der Waals surface area contributed by atoms with Crippen molar-refractivity contribution < 1.29 is 5.11 Å². The summed E-state index contributed by atoms with van der Waals surface area (Å²) in [5.74, 6) is 0.746. The van der Waals surface area contributed by atoms with Gasteiger partial charge in [0.1, 0.15) is 5.52 Å². The van der Waals surface area contributed by atoms with E-state index in [-0.39, 0.29) is 6.10 Å². The first-order valence-corrected chi connectivity index (χ1v) is 8.77. The average molecular weight is 386 g/mol. The van der Waals surface area contributed by atoms with Crippen LogP contribution in [0.4, 0.5) is 11.5 Å². The highest BCUT2D eigenvalue weighted by Gasteiger charge is 2.08. The zero-order valence-corrected chi connectivity index (χ0v) is 15.3. The molecule has 0 bridgehead atoms. The number of aromatic nitrogens is 2. The van der Waals surface area contributed by atoms with Crippen molar-refractivity contribution in [2.45, 2.75) is 32.8 Å². The standard InChI is InChI=1S/C19H20BrN3O/c1-12(24)6-7-14-10-15-8-9-21-19(18(15)22-11-14)23-17-5-3-4-16(20)13(17)2/h3-5,8-12,24H,6-7H2,1-2H3,(H,21,23). The summed E-state index contributed by atoms with van der Waals surface area (Å²) in [6.45, 7) is 3.86. The summed E-state index contributed by atoms with van der Waals surface area (Å²) in [5, 5.41) is 13.9. The summed E-state index contributed by atoms with van der Waals surface area (Å²) in [7, 11) is 0. The minimum atomic E-state index is -0.296. The number of hydrogen-bond donors (Lipinski definition) is 2. The molecule has 1 atom stereocenters. The van der Waals surface area contributed by atoms with Crippen LogP contribution in [-0.2, 0) is 6.42 Å². The molecule has 124 valence electrons. The molecule has 0 saturated heterocycles. The maximum absolute atomic E-state index is 9.44. The normalized spacial score (nSPS) is 12.3. The zero-order chi connectivity index (χ0) is 17.1. The quantitative estimate of drug-likeness (QED) is 0.664. The lowest BCUT2D eigenvalue weighted by atomic mass is 10.1. The summed E-state index contributed by atoms with van der Waals surface area (Å²) < 4.78 is 1.06. The second kappa shape index (κ2) is 7.28. The Hall–Kier alpha value is -1.98. The number of aliphatic hydroxyl groups excluding tert-OH is 1. The average Bonchev–Trinajstić information content (AvgIpc) is 2.57. The van der Waals surface area contributed by atoms with Crippen molar-refractivity contribution in [3.05, 3.63) is 58.3 Å². The third-order valence-electron chi connectivity index (χ3n) is 4.03. The van der Waals surface area contributed by atoms with Gasteiger partial charge in [0, 0.05) is 27.9 Å². The molecule has 2 N–H and O–H groups in total. The molecule has 3 aromatic rings. The van der Waals surface area contributed by atoms with Crippen molar-refractivity contribution in [3.63, 3.8) is 0 Å². The van der Waals surface area contributed by atoms with Gasteiger partial charge in [-0.25, -0.2) is 4.98 Å². The summed E-state index contributed by atoms with van der Waals surface area (Å²) in [6, 6.07) is 10.1. The van der Waals surface area contributed by atoms with E-state index in [1.165, 1.54) is 0 Å². The van der Waals surface area contributed by atoms with Gasteiger partial charge in [-0.2, -0.15) is 0 Å². The number of rotatable bonds is 5. The summed E-state index contributed by atoms with van der Waals surface area (Å²) >= 11 is 3.55. The van der Waals surface area contributed by atoms with Crippen LogP contribution < -0.4 is 5.32 Å². The molecule has 3 rings (SSSR count). The Balaban J connectivity index is 1.93. The van der Waals surface area contributed by atoms with E-state index in [0.29, 0.717) is 0 Å². The van der Waals surface area contributed by atoms with Crippen LogP contribution >= 0.6 is 15.9 Å². The van der Waals surface area contributed by atoms with E-state index in [9.17, 15) is 5.11 Å². The van der Waals surface area contributed by atoms with Crippen LogP contribution in [0.2, 0.25) is 0 Å². The van der Waals surface area contributed by atoms with Crippen LogP contribution in [-0.4, -0.2) is 21.2 Å². The van der Waals surface area contributed by atoms with Crippen LogP contribution in [0.1, 0.15) is 24.5 Å². The molecular weight excluding hydrogens is 366 g/mol. The highest BCUT2D eigenvalue weighted by Crippen LogP contribution is 2.28. The number of nitrogens with one attached hydrogen (secondary N) is 1. The maximum Gasteiger partial charge on any atom is 0.156 e. The summed E-state index contributed by atoms with van der Waals surface area (Å²) in [5.41, 5.74) is 4.10. The number of aryl methyl sites for hydroxylation is 1. The van der Waals surface area contributed by atoms with Crippen molar-refractivity contribution in [3.8, 4) is 0 Å². The summed E-state index contributed by atoms with van der Waals surface area (Å²) in [6.07, 6.45) is 4.91. The highest BCUT2D eigenvalue weighted by molar-refractivity contribution is 9.10. The highest BCUT2D eigenvalue weighted by atomic mass is 79.9. The number of fused-ring (bicyclic) bond motifs is 1. The topological polar surface area (TPSA) is 58.0 Å². The van der Waals surface area contributed by atoms with E-state index in [4.69, 9.17) is 0 Å². The number of nitrogens with zero attached hydrogens (tertiary/aromatic N) is 2. The summed E-state index contributed by atoms with van der Waals surface area (Å²) in [4.78, 5) is 9.04. The lowest BCUT2D eigenvalue weighted by Crippen LogP contribution is -2.02. The van der Waals surface area contributed by atoms with Crippen molar-refractivity contribution in [1.29, 1.82) is 0 Å². The van der Waals surface area contributed by atoms with Gasteiger partial charge in [-0.05, 0) is 62.1 Å². The first kappa shape index (κ1) is 16.9. The van der Waals surface area contributed by atoms with E-state index >= 15 is 0 Å². The van der Waals surface area contributed by atoms with Crippen molar-refractivity contribution in [2.75, 3.05) is 5.32 Å². The number of hydrogen-bond acceptors (Lipinski definition) is 4. The van der Waals surface area contributed by atoms with Gasteiger partial charge in [0.05, 0.1) is 6.10 Å². The van der Waals surface area contributed by atoms with Gasteiger partial charge in [0.15, 0.2) is 5.82 Å². The molecule has 5 heteroatoms. The third-order valence-corrected chi connectivity index (χ3v) is 4.89. The number of pyridine rings is 2. The maximum atomic E-state index is 9.44. The molecule has 2 heterocycles. The molecule has 0 spiro atoms. The first-order chi connectivity index (χ1) is 11.5. The van der Waals surface area contributed by atoms with Gasteiger partial charge in [-0.1, -0.05) is 22.0 Å². The van der Waals surface area contributed by atoms with Gasteiger partial charge < -0.3 is 10.4 Å². The second-order valence-corrected chi connectivity index (χ2v) is 6.85. The molecule has 0 radical (unpaired) electrons. The second-order valence-electron chi connectivity index (χ2n) is 6.00. The predicted octanol–water partition coefficient (Wildman–Crippen LogP) is 4.76. The molecule has 2 aromatic heterocycles. The van der Waals surface area contributed by atoms with Gasteiger partial charge in [-0.15, -0.1) is 0 Å². The van der Waals surface area contributed by atoms with Crippen LogP contribution in [0.3, 0.4) is 0 Å². The van der Waals surface area contributed by atoms with E-state index in [0.717, 1.165) is 50.8 Å². The van der Waals surface area contributed by atoms with E-state index in [1.807, 2.05) is 30.5 Å². The Morgan fingerprint density at radius 1 is 1.25 bits per heavy atom. The Morgan fingerprint density at radius 3 is 2.88 bits per heavy atom. The van der Waals surface area contributed by atoms with Crippen molar-refractivity contribution >= 4 is 38.3 Å². The molecule has 0 aliphatic heterocycles. The fraction of sp³-hybridized carbons (Fsp3) is 0.263. The Morgan fingerprint density at radius 2 is 2.08 bits per heavy atom. The van der Waals surface area contributed by atoms with Crippen LogP contribution in [0.25, 0.3) is 10.9 Å². The Labute approximate surface area is 150 Å². The molecule has 0 aliphatic rings. The number of benzene rings is 1. The fourth-order valence-electron chi connectivity index (χ4n) is 2.58. The van der Waals surface area contributed by atoms with Crippen LogP contribution in [0, 0.1) is 6.92 Å². The van der Waals surface area contributed by atoms with Gasteiger partial charge in [-0.3, -0.25) is 4.98 Å². The molecular formula is C19H20BrN3O. The fourth-order valence-corrected chi connectivity index (χ4v) is 2.95. The monoisotopic (exact) mass is 385 g/mol. The smallest absolute Gasteiger partial charge is 0.156 e. The van der Waals surface area contributed by atoms with Crippen LogP contribution in [0.15, 0.2) is 47.2 Å². The van der Waals surface area contributed by atoms with E-state index in [2.05, 4.69) is 44.2 Å². The van der Waals surface area contributed by atoms with Crippen LogP contribution in [0.5, 0.6) is 0 Å². The number of aliphatic hydroxyl groups is 1. The molecule has 0 aliphatic carbocycles. The number of halogens is 1. The molecule has 0 fully saturated rings.